The molecule has 0 atom stereocenters. The van der Waals surface area contributed by atoms with Crippen LogP contribution < -0.4 is 4.74 Å². The summed E-state index contributed by atoms with van der Waals surface area (Å²) >= 11 is 5.73. The highest BCUT2D eigenvalue weighted by Gasteiger charge is 1.89. The lowest BCUT2D eigenvalue weighted by molar-refractivity contribution is 0.363. The Morgan fingerprint density at radius 2 is 2.06 bits per heavy atom. The largest absolute Gasteiger partial charge is 0.490 e. The lowest BCUT2D eigenvalue weighted by atomic mass is 10.2. The van der Waals surface area contributed by atoms with Gasteiger partial charge in [-0.05, 0) is 23.8 Å². The van der Waals surface area contributed by atoms with Crippen LogP contribution in [-0.4, -0.2) is 12.5 Å². The van der Waals surface area contributed by atoms with E-state index in [-0.39, 0.29) is 0 Å². The molecule has 0 unspecified atom stereocenters. The summed E-state index contributed by atoms with van der Waals surface area (Å²) in [4.78, 5) is 0. The summed E-state index contributed by atoms with van der Waals surface area (Å²) in [6.07, 6.45) is 7.48. The van der Waals surface area contributed by atoms with E-state index in [0.717, 1.165) is 11.3 Å². The van der Waals surface area contributed by atoms with Gasteiger partial charge >= 0.3 is 0 Å². The number of halogens is 1. The molecular weight excluding hydrogens is 220 g/mol. The highest BCUT2D eigenvalue weighted by molar-refractivity contribution is 6.19. The molecule has 0 amide bonds. The van der Waals surface area contributed by atoms with Crippen LogP contribution in [0, 0.1) is 0 Å². The van der Waals surface area contributed by atoms with Crippen molar-refractivity contribution in [3.63, 3.8) is 0 Å². The molecule has 0 radical (unpaired) electrons. The summed E-state index contributed by atoms with van der Waals surface area (Å²) in [6.45, 7) is 4.16. The summed E-state index contributed by atoms with van der Waals surface area (Å²) in [5.74, 6) is 1.35. The number of alkyl halides is 1. The van der Waals surface area contributed by atoms with E-state index in [4.69, 9.17) is 16.3 Å². The van der Waals surface area contributed by atoms with Gasteiger partial charge in [0.15, 0.2) is 0 Å². The van der Waals surface area contributed by atoms with Crippen LogP contribution in [0.3, 0.4) is 0 Å². The van der Waals surface area contributed by atoms with Crippen molar-refractivity contribution in [2.75, 3.05) is 12.5 Å². The second-order valence-corrected chi connectivity index (χ2v) is 3.40. The van der Waals surface area contributed by atoms with E-state index in [9.17, 15) is 0 Å². The maximum Gasteiger partial charge on any atom is 0.119 e. The fourth-order valence-corrected chi connectivity index (χ4v) is 1.33. The fourth-order valence-electron chi connectivity index (χ4n) is 1.16. The van der Waals surface area contributed by atoms with Crippen molar-refractivity contribution in [3.8, 4) is 5.75 Å². The van der Waals surface area contributed by atoms with E-state index in [2.05, 4.69) is 6.58 Å². The van der Waals surface area contributed by atoms with Gasteiger partial charge in [0.25, 0.3) is 0 Å². The van der Waals surface area contributed by atoms with E-state index >= 15 is 0 Å². The lowest BCUT2D eigenvalue weighted by Gasteiger charge is -2.01. The van der Waals surface area contributed by atoms with Crippen molar-refractivity contribution in [2.24, 2.45) is 0 Å². The fraction of sp³-hybridized carbons (Fsp3) is 0.143. The molecule has 0 aliphatic heterocycles. The monoisotopic (exact) mass is 234 g/mol. The van der Waals surface area contributed by atoms with Crippen LogP contribution in [-0.2, 0) is 0 Å². The van der Waals surface area contributed by atoms with Gasteiger partial charge in [0, 0.05) is 5.88 Å². The molecule has 1 aromatic carbocycles. The molecule has 0 aliphatic rings. The van der Waals surface area contributed by atoms with Crippen LogP contribution in [0.4, 0.5) is 0 Å². The van der Waals surface area contributed by atoms with Crippen LogP contribution in [0.2, 0.25) is 0 Å². The van der Waals surface area contributed by atoms with Gasteiger partial charge in [-0.1, -0.05) is 43.0 Å². The van der Waals surface area contributed by atoms with Gasteiger partial charge in [0.1, 0.15) is 12.4 Å². The molecule has 0 fully saturated rings. The van der Waals surface area contributed by atoms with E-state index in [1.807, 2.05) is 48.6 Å². The van der Waals surface area contributed by atoms with E-state index in [1.165, 1.54) is 0 Å². The molecule has 0 spiro atoms. The standard InChI is InChI=1S/C14H15ClO/c1-2-7-13(12-15)8-6-11-16-14-9-4-3-5-10-14/h2-10H,1,11-12H2/b8-6-,13-7+. The van der Waals surface area contributed by atoms with Crippen LogP contribution in [0.5, 0.6) is 5.75 Å². The minimum absolute atomic E-state index is 0.480. The maximum absolute atomic E-state index is 5.73. The second-order valence-electron chi connectivity index (χ2n) is 3.14. The zero-order valence-electron chi connectivity index (χ0n) is 9.10. The summed E-state index contributed by atoms with van der Waals surface area (Å²) in [7, 11) is 0. The Labute approximate surface area is 102 Å². The first-order chi connectivity index (χ1) is 7.86. The summed E-state index contributed by atoms with van der Waals surface area (Å²) in [5, 5.41) is 0. The SMILES string of the molecule is C=C/C=C(\C=C/COc1ccccc1)CCl. The molecule has 0 saturated heterocycles. The lowest BCUT2D eigenvalue weighted by Crippen LogP contribution is -1.93. The number of ether oxygens (including phenoxy) is 1. The van der Waals surface area contributed by atoms with Crippen molar-refractivity contribution < 1.29 is 4.74 Å². The Morgan fingerprint density at radius 3 is 2.69 bits per heavy atom. The van der Waals surface area contributed by atoms with E-state index in [1.54, 1.807) is 6.08 Å². The third kappa shape index (κ3) is 4.85. The number of hydrogen-bond donors (Lipinski definition) is 0. The summed E-state index contributed by atoms with van der Waals surface area (Å²) in [6, 6.07) is 9.70. The predicted octanol–water partition coefficient (Wildman–Crippen LogP) is 3.97. The highest BCUT2D eigenvalue weighted by Crippen LogP contribution is 2.08. The Kier molecular flexibility index (Phi) is 6.12. The molecule has 84 valence electrons. The molecule has 0 bridgehead atoms. The van der Waals surface area contributed by atoms with E-state index in [0.29, 0.717) is 12.5 Å². The maximum atomic E-state index is 5.73. The van der Waals surface area contributed by atoms with Gasteiger partial charge in [-0.25, -0.2) is 0 Å². The highest BCUT2D eigenvalue weighted by atomic mass is 35.5. The zero-order chi connectivity index (χ0) is 11.6. The van der Waals surface area contributed by atoms with Crippen molar-refractivity contribution in [1.82, 2.24) is 0 Å². The molecular formula is C14H15ClO. The van der Waals surface area contributed by atoms with Gasteiger partial charge in [-0.15, -0.1) is 11.6 Å². The third-order valence-corrected chi connectivity index (χ3v) is 2.22. The molecule has 0 heterocycles. The molecule has 0 aliphatic carbocycles. The number of benzene rings is 1. The van der Waals surface area contributed by atoms with Crippen molar-refractivity contribution in [1.29, 1.82) is 0 Å². The minimum atomic E-state index is 0.480. The molecule has 1 aromatic rings. The van der Waals surface area contributed by atoms with Gasteiger partial charge in [0.05, 0.1) is 0 Å². The number of para-hydroxylation sites is 1. The van der Waals surface area contributed by atoms with Gasteiger partial charge in [-0.3, -0.25) is 0 Å². The third-order valence-electron chi connectivity index (χ3n) is 1.91. The molecule has 0 N–H and O–H groups in total. The summed E-state index contributed by atoms with van der Waals surface area (Å²) in [5.41, 5.74) is 1.02. The van der Waals surface area contributed by atoms with Crippen molar-refractivity contribution in [3.05, 3.63) is 66.8 Å². The van der Waals surface area contributed by atoms with Gasteiger partial charge < -0.3 is 4.74 Å². The Bertz CT molecular complexity index is 366. The number of rotatable bonds is 6. The second kappa shape index (κ2) is 7.77. The van der Waals surface area contributed by atoms with Crippen LogP contribution >= 0.6 is 11.6 Å². The van der Waals surface area contributed by atoms with Crippen molar-refractivity contribution in [2.45, 2.75) is 0 Å². The topological polar surface area (TPSA) is 9.23 Å². The summed E-state index contributed by atoms with van der Waals surface area (Å²) < 4.78 is 5.50. The Balaban J connectivity index is 2.38. The smallest absolute Gasteiger partial charge is 0.119 e. The first-order valence-electron chi connectivity index (χ1n) is 5.08. The van der Waals surface area contributed by atoms with E-state index < -0.39 is 0 Å². The molecule has 0 aromatic heterocycles. The van der Waals surface area contributed by atoms with Crippen LogP contribution in [0.15, 0.2) is 66.8 Å². The molecule has 1 rings (SSSR count). The number of hydrogen-bond acceptors (Lipinski definition) is 1. The van der Waals surface area contributed by atoms with Crippen molar-refractivity contribution >= 4 is 11.6 Å². The first kappa shape index (κ1) is 12.6. The molecule has 16 heavy (non-hydrogen) atoms. The normalized spacial score (nSPS) is 11.7. The van der Waals surface area contributed by atoms with Crippen LogP contribution in [0.1, 0.15) is 0 Å². The van der Waals surface area contributed by atoms with Gasteiger partial charge in [0.2, 0.25) is 0 Å². The van der Waals surface area contributed by atoms with Gasteiger partial charge in [-0.2, -0.15) is 0 Å². The Hall–Kier alpha value is -1.47. The quantitative estimate of drug-likeness (QED) is 0.535. The average molecular weight is 235 g/mol. The Morgan fingerprint density at radius 1 is 1.31 bits per heavy atom. The van der Waals surface area contributed by atoms with Crippen LogP contribution in [0.25, 0.3) is 0 Å². The first-order valence-corrected chi connectivity index (χ1v) is 5.62. The average Bonchev–Trinajstić information content (AvgIpc) is 2.34. The number of allylic oxidation sites excluding steroid dienone is 4. The zero-order valence-corrected chi connectivity index (χ0v) is 9.86. The molecule has 0 saturated carbocycles. The predicted molar refractivity (Wildman–Crippen MR) is 70.1 cm³/mol. The molecule has 2 heteroatoms. The molecule has 1 nitrogen and oxygen atoms in total. The minimum Gasteiger partial charge on any atom is -0.490 e.